The van der Waals surface area contributed by atoms with Gasteiger partial charge >= 0.3 is 0 Å². The molecule has 26 heavy (non-hydrogen) atoms. The second kappa shape index (κ2) is 6.87. The molecule has 1 saturated heterocycles. The number of halogens is 1. The van der Waals surface area contributed by atoms with E-state index in [0.29, 0.717) is 36.6 Å². The summed E-state index contributed by atoms with van der Waals surface area (Å²) in [6, 6.07) is 16.4. The molecule has 5 nitrogen and oxygen atoms in total. The molecule has 1 aliphatic rings. The van der Waals surface area contributed by atoms with Crippen molar-refractivity contribution in [3.8, 4) is 0 Å². The standard InChI is InChI=1S/C19H18ClN3O2S/c20-16-7-3-5-15-6-4-8-17(19(15)16)26(24,25)23-13-11-22(12-14-23)18-9-1-2-10-21-18/h1-10H,11-14H2. The largest absolute Gasteiger partial charge is 0.354 e. The van der Waals surface area contributed by atoms with Gasteiger partial charge in [0.2, 0.25) is 10.0 Å². The molecule has 2 heterocycles. The number of rotatable bonds is 3. The van der Waals surface area contributed by atoms with Crippen LogP contribution < -0.4 is 4.90 Å². The van der Waals surface area contributed by atoms with E-state index in [1.807, 2.05) is 36.4 Å². The molecule has 1 fully saturated rings. The van der Waals surface area contributed by atoms with E-state index in [4.69, 9.17) is 11.6 Å². The van der Waals surface area contributed by atoms with Gasteiger partial charge in [-0.15, -0.1) is 0 Å². The quantitative estimate of drug-likeness (QED) is 0.691. The summed E-state index contributed by atoms with van der Waals surface area (Å²) in [7, 11) is -3.61. The Morgan fingerprint density at radius 1 is 0.885 bits per heavy atom. The van der Waals surface area contributed by atoms with Crippen molar-refractivity contribution in [3.05, 3.63) is 65.8 Å². The first-order valence-corrected chi connectivity index (χ1v) is 10.2. The first kappa shape index (κ1) is 17.3. The van der Waals surface area contributed by atoms with E-state index in [0.717, 1.165) is 11.2 Å². The molecule has 0 N–H and O–H groups in total. The molecule has 0 radical (unpaired) electrons. The summed E-state index contributed by atoms with van der Waals surface area (Å²) >= 11 is 6.31. The fraction of sp³-hybridized carbons (Fsp3) is 0.211. The van der Waals surface area contributed by atoms with Gasteiger partial charge in [0, 0.05) is 42.8 Å². The number of hydrogen-bond donors (Lipinski definition) is 0. The molecule has 0 bridgehead atoms. The van der Waals surface area contributed by atoms with E-state index >= 15 is 0 Å². The molecule has 1 aliphatic heterocycles. The lowest BCUT2D eigenvalue weighted by atomic mass is 10.1. The van der Waals surface area contributed by atoms with Gasteiger partial charge in [0.1, 0.15) is 5.82 Å². The van der Waals surface area contributed by atoms with Crippen molar-refractivity contribution in [3.63, 3.8) is 0 Å². The van der Waals surface area contributed by atoms with Crippen LogP contribution in [-0.2, 0) is 10.0 Å². The monoisotopic (exact) mass is 387 g/mol. The first-order valence-electron chi connectivity index (χ1n) is 8.41. The summed E-state index contributed by atoms with van der Waals surface area (Å²) in [4.78, 5) is 6.71. The number of benzene rings is 2. The average Bonchev–Trinajstić information content (AvgIpc) is 2.68. The van der Waals surface area contributed by atoms with E-state index in [1.54, 1.807) is 24.4 Å². The number of hydrogen-bond acceptors (Lipinski definition) is 4. The number of sulfonamides is 1. The van der Waals surface area contributed by atoms with Gasteiger partial charge < -0.3 is 4.90 Å². The number of aromatic nitrogens is 1. The van der Waals surface area contributed by atoms with Crippen molar-refractivity contribution in [2.24, 2.45) is 0 Å². The maximum Gasteiger partial charge on any atom is 0.243 e. The molecule has 0 atom stereocenters. The number of fused-ring (bicyclic) bond motifs is 1. The Morgan fingerprint density at radius 3 is 2.31 bits per heavy atom. The van der Waals surface area contributed by atoms with Crippen LogP contribution in [-0.4, -0.2) is 43.9 Å². The van der Waals surface area contributed by atoms with Crippen LogP contribution in [0.4, 0.5) is 5.82 Å². The molecule has 134 valence electrons. The molecule has 0 spiro atoms. The third kappa shape index (κ3) is 3.05. The first-order chi connectivity index (χ1) is 12.6. The van der Waals surface area contributed by atoms with Crippen molar-refractivity contribution in [2.75, 3.05) is 31.1 Å². The van der Waals surface area contributed by atoms with Crippen LogP contribution >= 0.6 is 11.6 Å². The highest BCUT2D eigenvalue weighted by Crippen LogP contribution is 2.32. The Labute approximate surface area is 157 Å². The Morgan fingerprint density at radius 2 is 1.62 bits per heavy atom. The molecule has 7 heteroatoms. The van der Waals surface area contributed by atoms with Crippen molar-refractivity contribution in [2.45, 2.75) is 4.90 Å². The van der Waals surface area contributed by atoms with Crippen LogP contribution in [0, 0.1) is 0 Å². The van der Waals surface area contributed by atoms with Gasteiger partial charge in [-0.1, -0.05) is 41.9 Å². The minimum absolute atomic E-state index is 0.270. The molecule has 2 aromatic carbocycles. The van der Waals surface area contributed by atoms with Crippen molar-refractivity contribution in [1.29, 1.82) is 0 Å². The predicted molar refractivity (Wildman–Crippen MR) is 104 cm³/mol. The summed E-state index contributed by atoms with van der Waals surface area (Å²) in [5.74, 6) is 0.873. The van der Waals surface area contributed by atoms with Gasteiger partial charge in [0.25, 0.3) is 0 Å². The van der Waals surface area contributed by atoms with E-state index in [1.165, 1.54) is 4.31 Å². The molecule has 0 amide bonds. The zero-order valence-electron chi connectivity index (χ0n) is 14.0. The Kier molecular flexibility index (Phi) is 4.56. The number of anilines is 1. The van der Waals surface area contributed by atoms with E-state index in [9.17, 15) is 8.42 Å². The van der Waals surface area contributed by atoms with Crippen LogP contribution in [0.2, 0.25) is 5.02 Å². The summed E-state index contributed by atoms with van der Waals surface area (Å²) in [5, 5.41) is 1.86. The Hall–Kier alpha value is -2.15. The average molecular weight is 388 g/mol. The number of pyridine rings is 1. The summed E-state index contributed by atoms with van der Waals surface area (Å²) in [6.07, 6.45) is 1.75. The van der Waals surface area contributed by atoms with E-state index < -0.39 is 10.0 Å². The SMILES string of the molecule is O=S(=O)(c1cccc2cccc(Cl)c12)N1CCN(c2ccccn2)CC1. The number of piperazine rings is 1. The van der Waals surface area contributed by atoms with Crippen LogP contribution in [0.25, 0.3) is 10.8 Å². The van der Waals surface area contributed by atoms with Crippen LogP contribution in [0.3, 0.4) is 0 Å². The Bertz CT molecular complexity index is 1030. The van der Waals surface area contributed by atoms with Crippen molar-refractivity contribution in [1.82, 2.24) is 9.29 Å². The van der Waals surface area contributed by atoms with Gasteiger partial charge in [-0.05, 0) is 29.7 Å². The molecule has 4 rings (SSSR count). The second-order valence-electron chi connectivity index (χ2n) is 6.17. The molecule has 1 aromatic heterocycles. The lowest BCUT2D eigenvalue weighted by Gasteiger charge is -2.34. The van der Waals surface area contributed by atoms with Crippen molar-refractivity contribution >= 4 is 38.2 Å². The fourth-order valence-corrected chi connectivity index (χ4v) is 5.31. The third-order valence-electron chi connectivity index (χ3n) is 4.65. The van der Waals surface area contributed by atoms with Gasteiger partial charge in [-0.2, -0.15) is 4.31 Å². The third-order valence-corrected chi connectivity index (χ3v) is 6.90. The number of nitrogens with zero attached hydrogens (tertiary/aromatic N) is 3. The second-order valence-corrected chi connectivity index (χ2v) is 8.49. The maximum absolute atomic E-state index is 13.2. The van der Waals surface area contributed by atoms with Crippen LogP contribution in [0.15, 0.2) is 65.7 Å². The molecular weight excluding hydrogens is 370 g/mol. The molecule has 0 saturated carbocycles. The molecule has 0 aliphatic carbocycles. The summed E-state index contributed by atoms with van der Waals surface area (Å²) in [6.45, 7) is 2.04. The summed E-state index contributed by atoms with van der Waals surface area (Å²) < 4.78 is 28.0. The topological polar surface area (TPSA) is 53.5 Å². The minimum Gasteiger partial charge on any atom is -0.354 e. The molecular formula is C19H18ClN3O2S. The van der Waals surface area contributed by atoms with Gasteiger partial charge in [-0.3, -0.25) is 0 Å². The van der Waals surface area contributed by atoms with Gasteiger partial charge in [-0.25, -0.2) is 13.4 Å². The van der Waals surface area contributed by atoms with E-state index in [2.05, 4.69) is 9.88 Å². The molecule has 0 unspecified atom stereocenters. The zero-order valence-corrected chi connectivity index (χ0v) is 15.6. The van der Waals surface area contributed by atoms with E-state index in [-0.39, 0.29) is 4.90 Å². The lowest BCUT2D eigenvalue weighted by molar-refractivity contribution is 0.384. The highest BCUT2D eigenvalue weighted by atomic mass is 35.5. The van der Waals surface area contributed by atoms with Gasteiger partial charge in [0.05, 0.1) is 4.90 Å². The predicted octanol–water partition coefficient (Wildman–Crippen LogP) is 3.40. The Balaban J connectivity index is 1.63. The molecule has 3 aromatic rings. The highest BCUT2D eigenvalue weighted by Gasteiger charge is 2.30. The normalized spacial score (nSPS) is 16.1. The maximum atomic E-state index is 13.2. The highest BCUT2D eigenvalue weighted by molar-refractivity contribution is 7.89. The summed E-state index contributed by atoms with van der Waals surface area (Å²) in [5.41, 5.74) is 0. The van der Waals surface area contributed by atoms with Crippen LogP contribution in [0.1, 0.15) is 0 Å². The smallest absolute Gasteiger partial charge is 0.243 e. The lowest BCUT2D eigenvalue weighted by Crippen LogP contribution is -2.48. The van der Waals surface area contributed by atoms with Gasteiger partial charge in [0.15, 0.2) is 0 Å². The zero-order chi connectivity index (χ0) is 18.1. The minimum atomic E-state index is -3.61. The van der Waals surface area contributed by atoms with Crippen LogP contribution in [0.5, 0.6) is 0 Å². The fourth-order valence-electron chi connectivity index (χ4n) is 3.31. The van der Waals surface area contributed by atoms with Crippen molar-refractivity contribution < 1.29 is 8.42 Å².